The lowest BCUT2D eigenvalue weighted by Gasteiger charge is -2.44. The van der Waals surface area contributed by atoms with Crippen LogP contribution in [0.2, 0.25) is 0 Å². The summed E-state index contributed by atoms with van der Waals surface area (Å²) in [6.45, 7) is 4.00. The van der Waals surface area contributed by atoms with Crippen LogP contribution in [0.1, 0.15) is 47.9 Å². The van der Waals surface area contributed by atoms with E-state index in [9.17, 15) is 8.78 Å². The van der Waals surface area contributed by atoms with Gasteiger partial charge < -0.3 is 28.5 Å². The molecule has 2 atom stereocenters. The minimum atomic E-state index is -0.248. The van der Waals surface area contributed by atoms with Crippen LogP contribution >= 0.6 is 0 Å². The standard InChI is InChI=1S/C25H30F2N.HI/c1-16-5-7-19(26)14-23(16)25(24-15-20(27)8-6-17(24)2)13-18-11-21-9-10-22(12-18)28(21,3)4;/h5-8,13-15,18,21-22H,9-12H2,1-4H3;1H/q+1;/p-1/t21-,22-;/m0./s1. The van der Waals surface area contributed by atoms with Crippen molar-refractivity contribution >= 4 is 5.57 Å². The number of fused-ring (bicyclic) bond motifs is 2. The van der Waals surface area contributed by atoms with Crippen LogP contribution in [0.5, 0.6) is 0 Å². The zero-order chi connectivity index (χ0) is 20.1. The Hall–Kier alpha value is -1.27. The molecule has 0 N–H and O–H groups in total. The lowest BCUT2D eigenvalue weighted by molar-refractivity contribution is -0.931. The lowest BCUT2D eigenvalue weighted by atomic mass is 9.83. The van der Waals surface area contributed by atoms with Gasteiger partial charge in [0.05, 0.1) is 26.2 Å². The second kappa shape index (κ2) is 8.46. The Morgan fingerprint density at radius 2 is 1.31 bits per heavy atom. The van der Waals surface area contributed by atoms with Gasteiger partial charge in [-0.3, -0.25) is 0 Å². The molecule has 0 aromatic heterocycles. The molecule has 4 heteroatoms. The zero-order valence-corrected chi connectivity index (χ0v) is 19.8. The molecule has 2 aromatic carbocycles. The first-order valence-corrected chi connectivity index (χ1v) is 10.3. The van der Waals surface area contributed by atoms with Crippen molar-refractivity contribution in [2.45, 2.75) is 51.6 Å². The van der Waals surface area contributed by atoms with Crippen molar-refractivity contribution in [2.24, 2.45) is 5.92 Å². The number of allylic oxidation sites excluding steroid dienone is 1. The Bertz CT molecular complexity index is 865. The van der Waals surface area contributed by atoms with Gasteiger partial charge in [0.25, 0.3) is 0 Å². The summed E-state index contributed by atoms with van der Waals surface area (Å²) in [4.78, 5) is 0. The average Bonchev–Trinajstić information content (AvgIpc) is 2.82. The van der Waals surface area contributed by atoms with Crippen LogP contribution in [-0.4, -0.2) is 30.7 Å². The molecular formula is C25H30F2IN. The molecule has 0 spiro atoms. The number of aryl methyl sites for hydroxylation is 2. The highest BCUT2D eigenvalue weighted by atomic mass is 127. The summed E-state index contributed by atoms with van der Waals surface area (Å²) in [6.07, 6.45) is 7.18. The third-order valence-corrected chi connectivity index (χ3v) is 7.25. The summed E-state index contributed by atoms with van der Waals surface area (Å²) in [7, 11) is 4.72. The molecule has 0 radical (unpaired) electrons. The second-order valence-corrected chi connectivity index (χ2v) is 9.24. The number of benzene rings is 2. The Morgan fingerprint density at radius 1 is 0.862 bits per heavy atom. The fraction of sp³-hybridized carbons (Fsp3) is 0.440. The Labute approximate surface area is 190 Å². The van der Waals surface area contributed by atoms with Crippen molar-refractivity contribution in [3.05, 3.63) is 76.4 Å². The van der Waals surface area contributed by atoms with E-state index in [1.54, 1.807) is 12.1 Å². The number of hydrogen-bond donors (Lipinski definition) is 0. The molecule has 4 rings (SSSR count). The van der Waals surface area contributed by atoms with Crippen LogP contribution in [0.15, 0.2) is 42.5 Å². The molecule has 156 valence electrons. The molecule has 0 saturated carbocycles. The van der Waals surface area contributed by atoms with Crippen LogP contribution in [0.4, 0.5) is 8.78 Å². The number of piperidine rings is 1. The summed E-state index contributed by atoms with van der Waals surface area (Å²) in [5, 5.41) is 0. The van der Waals surface area contributed by atoms with Gasteiger partial charge in [-0.05, 0) is 71.9 Å². The van der Waals surface area contributed by atoms with E-state index in [4.69, 9.17) is 0 Å². The van der Waals surface area contributed by atoms with Gasteiger partial charge in [-0.2, -0.15) is 0 Å². The van der Waals surface area contributed by atoms with Gasteiger partial charge in [-0.25, -0.2) is 8.78 Å². The minimum Gasteiger partial charge on any atom is -1.00 e. The summed E-state index contributed by atoms with van der Waals surface area (Å²) in [6, 6.07) is 11.2. The first-order valence-electron chi connectivity index (χ1n) is 10.3. The number of rotatable bonds is 3. The van der Waals surface area contributed by atoms with Crippen molar-refractivity contribution in [3.8, 4) is 0 Å². The van der Waals surface area contributed by atoms with E-state index < -0.39 is 0 Å². The predicted octanol–water partition coefficient (Wildman–Crippen LogP) is 3.03. The van der Waals surface area contributed by atoms with E-state index in [-0.39, 0.29) is 35.6 Å². The van der Waals surface area contributed by atoms with E-state index in [1.165, 1.54) is 25.0 Å². The smallest absolute Gasteiger partial charge is 0.123 e. The maximum absolute atomic E-state index is 14.1. The monoisotopic (exact) mass is 509 g/mol. The van der Waals surface area contributed by atoms with E-state index in [0.29, 0.717) is 18.0 Å². The highest BCUT2D eigenvalue weighted by Crippen LogP contribution is 2.44. The molecule has 0 unspecified atom stereocenters. The van der Waals surface area contributed by atoms with E-state index >= 15 is 0 Å². The van der Waals surface area contributed by atoms with Gasteiger partial charge in [0.2, 0.25) is 0 Å². The van der Waals surface area contributed by atoms with Gasteiger partial charge in [0.1, 0.15) is 11.6 Å². The molecule has 2 bridgehead atoms. The van der Waals surface area contributed by atoms with E-state index in [2.05, 4.69) is 20.2 Å². The van der Waals surface area contributed by atoms with Crippen molar-refractivity contribution in [1.29, 1.82) is 0 Å². The number of quaternary nitrogens is 1. The van der Waals surface area contributed by atoms with Crippen LogP contribution in [0.25, 0.3) is 5.57 Å². The first-order chi connectivity index (χ1) is 13.3. The summed E-state index contributed by atoms with van der Waals surface area (Å²) in [5.41, 5.74) is 4.77. The fourth-order valence-electron chi connectivity index (χ4n) is 5.39. The molecule has 2 aliphatic heterocycles. The van der Waals surface area contributed by atoms with Crippen LogP contribution in [0, 0.1) is 31.4 Å². The van der Waals surface area contributed by atoms with Crippen molar-refractivity contribution in [1.82, 2.24) is 0 Å². The normalized spacial score (nSPS) is 24.7. The van der Waals surface area contributed by atoms with Crippen LogP contribution in [0.3, 0.4) is 0 Å². The molecule has 2 heterocycles. The Kier molecular flexibility index (Phi) is 6.54. The van der Waals surface area contributed by atoms with Gasteiger partial charge in [-0.1, -0.05) is 18.2 Å². The SMILES string of the molecule is Cc1ccc(F)cc1C(=CC1C[C@@H]2CC[C@@H](C1)[N+]2(C)C)c1cc(F)ccc1C.[I-]. The minimum absolute atomic E-state index is 0. The first kappa shape index (κ1) is 22.4. The zero-order valence-electron chi connectivity index (χ0n) is 17.7. The third-order valence-electron chi connectivity index (χ3n) is 7.25. The average molecular weight is 509 g/mol. The largest absolute Gasteiger partial charge is 1.00 e. The van der Waals surface area contributed by atoms with Crippen molar-refractivity contribution in [2.75, 3.05) is 14.1 Å². The van der Waals surface area contributed by atoms with Crippen LogP contribution in [-0.2, 0) is 0 Å². The topological polar surface area (TPSA) is 0 Å². The van der Waals surface area contributed by atoms with E-state index in [1.807, 2.05) is 26.0 Å². The summed E-state index contributed by atoms with van der Waals surface area (Å²) >= 11 is 0. The van der Waals surface area contributed by atoms with Crippen molar-refractivity contribution < 1.29 is 37.2 Å². The van der Waals surface area contributed by atoms with Crippen molar-refractivity contribution in [3.63, 3.8) is 0 Å². The Balaban J connectivity index is 0.00000240. The number of hydrogen-bond acceptors (Lipinski definition) is 0. The molecule has 1 nitrogen and oxygen atoms in total. The maximum atomic E-state index is 14.1. The number of nitrogens with zero attached hydrogens (tertiary/aromatic N) is 1. The molecule has 29 heavy (non-hydrogen) atoms. The quantitative estimate of drug-likeness (QED) is 0.441. The van der Waals surface area contributed by atoms with Gasteiger partial charge in [0, 0.05) is 25.7 Å². The highest BCUT2D eigenvalue weighted by Gasteiger charge is 2.48. The molecule has 2 fully saturated rings. The molecular weight excluding hydrogens is 479 g/mol. The summed E-state index contributed by atoms with van der Waals surface area (Å²) in [5.74, 6) is -0.0480. The maximum Gasteiger partial charge on any atom is 0.123 e. The predicted molar refractivity (Wildman–Crippen MR) is 111 cm³/mol. The number of halogens is 3. The molecule has 2 aliphatic rings. The van der Waals surface area contributed by atoms with Gasteiger partial charge >= 0.3 is 0 Å². The van der Waals surface area contributed by atoms with E-state index in [0.717, 1.165) is 45.2 Å². The molecule has 0 amide bonds. The summed E-state index contributed by atoms with van der Waals surface area (Å²) < 4.78 is 29.3. The second-order valence-electron chi connectivity index (χ2n) is 9.24. The fourth-order valence-corrected chi connectivity index (χ4v) is 5.39. The molecule has 2 saturated heterocycles. The molecule has 2 aromatic rings. The Morgan fingerprint density at radius 3 is 1.76 bits per heavy atom. The molecule has 0 aliphatic carbocycles. The third kappa shape index (κ3) is 4.29. The van der Waals surface area contributed by atoms with Crippen LogP contribution < -0.4 is 24.0 Å². The van der Waals surface area contributed by atoms with Gasteiger partial charge in [-0.15, -0.1) is 0 Å². The highest BCUT2D eigenvalue weighted by molar-refractivity contribution is 5.83. The van der Waals surface area contributed by atoms with Gasteiger partial charge in [0.15, 0.2) is 0 Å². The lowest BCUT2D eigenvalue weighted by Crippen LogP contribution is -3.00.